The first-order chi connectivity index (χ1) is 11.3. The molecule has 1 saturated heterocycles. The second-order valence-electron chi connectivity index (χ2n) is 6.14. The molecule has 0 radical (unpaired) electrons. The van der Waals surface area contributed by atoms with Crippen molar-refractivity contribution in [2.24, 2.45) is 0 Å². The molecule has 1 unspecified atom stereocenters. The van der Waals surface area contributed by atoms with Crippen molar-refractivity contribution in [1.82, 2.24) is 14.9 Å². The first-order valence-corrected chi connectivity index (χ1v) is 8.14. The Bertz CT molecular complexity index is 761. The third-order valence-corrected chi connectivity index (χ3v) is 4.68. The van der Waals surface area contributed by atoms with Crippen LogP contribution in [0.4, 0.5) is 0 Å². The maximum Gasteiger partial charge on any atom is 0.137 e. The van der Waals surface area contributed by atoms with E-state index >= 15 is 0 Å². The molecule has 23 heavy (non-hydrogen) atoms. The molecule has 1 aliphatic rings. The Morgan fingerprint density at radius 3 is 2.91 bits per heavy atom. The average molecular weight is 307 g/mol. The minimum absolute atomic E-state index is 0.450. The predicted octanol–water partition coefficient (Wildman–Crippen LogP) is 3.91. The van der Waals surface area contributed by atoms with Gasteiger partial charge in [0.05, 0.1) is 13.2 Å². The maximum atomic E-state index is 5.24. The number of benzene rings is 1. The topological polar surface area (TPSA) is 41.1 Å². The fraction of sp³-hybridized carbons (Fsp3) is 0.316. The van der Waals surface area contributed by atoms with Crippen LogP contribution in [0.2, 0.25) is 0 Å². The molecule has 4 rings (SSSR count). The quantitative estimate of drug-likeness (QED) is 0.794. The van der Waals surface area contributed by atoms with Crippen LogP contribution in [0.3, 0.4) is 0 Å². The summed E-state index contributed by atoms with van der Waals surface area (Å²) in [4.78, 5) is 10.5. The molecule has 4 heteroatoms. The van der Waals surface area contributed by atoms with Crippen molar-refractivity contribution < 1.29 is 4.74 Å². The molecule has 3 heterocycles. The van der Waals surface area contributed by atoms with Crippen LogP contribution in [0.25, 0.3) is 11.0 Å². The molecular weight excluding hydrogens is 286 g/mol. The normalized spacial score (nSPS) is 18.6. The summed E-state index contributed by atoms with van der Waals surface area (Å²) in [7, 11) is 1.70. The van der Waals surface area contributed by atoms with E-state index < -0.39 is 0 Å². The van der Waals surface area contributed by atoms with Gasteiger partial charge in [-0.05, 0) is 55.3 Å². The number of methoxy groups -OCH3 is 1. The molecule has 2 aromatic heterocycles. The maximum absolute atomic E-state index is 5.24. The molecule has 1 aliphatic heterocycles. The van der Waals surface area contributed by atoms with Crippen molar-refractivity contribution in [3.8, 4) is 5.75 Å². The lowest BCUT2D eigenvalue weighted by Gasteiger charge is -2.23. The van der Waals surface area contributed by atoms with Gasteiger partial charge in [0.2, 0.25) is 0 Å². The molecule has 4 nitrogen and oxygen atoms in total. The number of nitrogens with zero attached hydrogens (tertiary/aromatic N) is 2. The number of fused-ring (bicyclic) bond motifs is 1. The zero-order valence-corrected chi connectivity index (χ0v) is 13.3. The highest BCUT2D eigenvalue weighted by molar-refractivity contribution is 5.76. The van der Waals surface area contributed by atoms with Gasteiger partial charge in [0.25, 0.3) is 0 Å². The number of likely N-dealkylation sites (tertiary alicyclic amines) is 1. The number of rotatable bonds is 4. The van der Waals surface area contributed by atoms with Gasteiger partial charge >= 0.3 is 0 Å². The van der Waals surface area contributed by atoms with Crippen molar-refractivity contribution in [1.29, 1.82) is 0 Å². The summed E-state index contributed by atoms with van der Waals surface area (Å²) in [5, 5.41) is 1.19. The molecule has 1 N–H and O–H groups in total. The minimum atomic E-state index is 0.450. The van der Waals surface area contributed by atoms with E-state index in [-0.39, 0.29) is 0 Å². The van der Waals surface area contributed by atoms with Crippen molar-refractivity contribution in [3.05, 3.63) is 59.9 Å². The summed E-state index contributed by atoms with van der Waals surface area (Å²) in [6.45, 7) is 2.11. The fourth-order valence-electron chi connectivity index (χ4n) is 3.49. The van der Waals surface area contributed by atoms with Crippen LogP contribution in [0.15, 0.2) is 48.7 Å². The molecule has 0 saturated carbocycles. The van der Waals surface area contributed by atoms with Gasteiger partial charge in [0.15, 0.2) is 0 Å². The van der Waals surface area contributed by atoms with Crippen molar-refractivity contribution in [2.75, 3.05) is 13.7 Å². The average Bonchev–Trinajstić information content (AvgIpc) is 3.21. The van der Waals surface area contributed by atoms with Crippen molar-refractivity contribution >= 4 is 11.0 Å². The zero-order chi connectivity index (χ0) is 15.6. The highest BCUT2D eigenvalue weighted by Crippen LogP contribution is 2.34. The van der Waals surface area contributed by atoms with Gasteiger partial charge in [0, 0.05) is 23.8 Å². The van der Waals surface area contributed by atoms with Gasteiger partial charge < -0.3 is 9.72 Å². The van der Waals surface area contributed by atoms with Gasteiger partial charge in [-0.2, -0.15) is 0 Å². The lowest BCUT2D eigenvalue weighted by atomic mass is 10.1. The summed E-state index contributed by atoms with van der Waals surface area (Å²) in [5.74, 6) is 0.911. The summed E-state index contributed by atoms with van der Waals surface area (Å²) >= 11 is 0. The summed E-state index contributed by atoms with van der Waals surface area (Å²) in [5.41, 5.74) is 3.59. The largest absolute Gasteiger partial charge is 0.497 e. The molecule has 3 aromatic rings. The SMILES string of the molecule is COc1ccc(CN2CCCC2c2cc3cccnc3[nH]2)cc1. The number of hydrogen-bond acceptors (Lipinski definition) is 3. The molecule has 0 amide bonds. The van der Waals surface area contributed by atoms with Crippen LogP contribution in [0.1, 0.15) is 30.1 Å². The van der Waals surface area contributed by atoms with Gasteiger partial charge in [-0.15, -0.1) is 0 Å². The van der Waals surface area contributed by atoms with E-state index in [0.717, 1.165) is 24.5 Å². The number of H-pyrrole nitrogens is 1. The zero-order valence-electron chi connectivity index (χ0n) is 13.3. The van der Waals surface area contributed by atoms with Crippen molar-refractivity contribution in [3.63, 3.8) is 0 Å². The number of pyridine rings is 1. The van der Waals surface area contributed by atoms with Crippen LogP contribution in [-0.4, -0.2) is 28.5 Å². The first-order valence-electron chi connectivity index (χ1n) is 8.14. The predicted molar refractivity (Wildman–Crippen MR) is 91.5 cm³/mol. The summed E-state index contributed by atoms with van der Waals surface area (Å²) < 4.78 is 5.24. The van der Waals surface area contributed by atoms with Crippen LogP contribution in [0, 0.1) is 0 Å². The monoisotopic (exact) mass is 307 g/mol. The third kappa shape index (κ3) is 2.82. The van der Waals surface area contributed by atoms with Gasteiger partial charge in [-0.25, -0.2) is 4.98 Å². The van der Waals surface area contributed by atoms with E-state index in [0.29, 0.717) is 6.04 Å². The van der Waals surface area contributed by atoms with Crippen LogP contribution in [-0.2, 0) is 6.54 Å². The highest BCUT2D eigenvalue weighted by Gasteiger charge is 2.27. The molecule has 1 atom stereocenters. The standard InChI is InChI=1S/C19H21N3O/c1-23-16-8-6-14(7-9-16)13-22-11-3-5-18(22)17-12-15-4-2-10-20-19(15)21-17/h2,4,6-10,12,18H,3,5,11,13H2,1H3,(H,20,21). The fourth-order valence-corrected chi connectivity index (χ4v) is 3.49. The minimum Gasteiger partial charge on any atom is -0.497 e. The Labute approximate surface area is 136 Å². The van der Waals surface area contributed by atoms with E-state index in [1.807, 2.05) is 24.4 Å². The molecule has 0 bridgehead atoms. The van der Waals surface area contributed by atoms with Crippen LogP contribution in [0.5, 0.6) is 5.75 Å². The molecule has 118 valence electrons. The molecule has 1 fully saturated rings. The van der Waals surface area contributed by atoms with Gasteiger partial charge in [-0.3, -0.25) is 4.90 Å². The number of hydrogen-bond donors (Lipinski definition) is 1. The van der Waals surface area contributed by atoms with Crippen molar-refractivity contribution in [2.45, 2.75) is 25.4 Å². The number of aromatic amines is 1. The second kappa shape index (κ2) is 6.05. The van der Waals surface area contributed by atoms with E-state index in [9.17, 15) is 0 Å². The smallest absolute Gasteiger partial charge is 0.137 e. The lowest BCUT2D eigenvalue weighted by Crippen LogP contribution is -2.22. The number of ether oxygens (including phenoxy) is 1. The number of aromatic nitrogens is 2. The Balaban J connectivity index is 1.55. The third-order valence-electron chi connectivity index (χ3n) is 4.68. The Morgan fingerprint density at radius 1 is 1.26 bits per heavy atom. The molecule has 0 aliphatic carbocycles. The van der Waals surface area contributed by atoms with Gasteiger partial charge in [-0.1, -0.05) is 12.1 Å². The second-order valence-corrected chi connectivity index (χ2v) is 6.14. The summed E-state index contributed by atoms with van der Waals surface area (Å²) in [6.07, 6.45) is 4.28. The summed E-state index contributed by atoms with van der Waals surface area (Å²) in [6, 6.07) is 15.2. The van der Waals surface area contributed by atoms with Gasteiger partial charge in [0.1, 0.15) is 11.4 Å². The Morgan fingerprint density at radius 2 is 2.13 bits per heavy atom. The lowest BCUT2D eigenvalue weighted by molar-refractivity contribution is 0.245. The Hall–Kier alpha value is -2.33. The number of nitrogens with one attached hydrogen (secondary N) is 1. The van der Waals surface area contributed by atoms with Crippen LogP contribution >= 0.6 is 0 Å². The Kier molecular flexibility index (Phi) is 3.75. The van der Waals surface area contributed by atoms with E-state index in [2.05, 4.69) is 39.1 Å². The first kappa shape index (κ1) is 14.3. The molecular formula is C19H21N3O. The molecule has 1 aromatic carbocycles. The molecule has 0 spiro atoms. The van der Waals surface area contributed by atoms with Crippen LogP contribution < -0.4 is 4.74 Å². The van der Waals surface area contributed by atoms with E-state index in [1.165, 1.54) is 29.5 Å². The van der Waals surface area contributed by atoms with E-state index in [4.69, 9.17) is 4.74 Å². The van der Waals surface area contributed by atoms with E-state index in [1.54, 1.807) is 7.11 Å². The highest BCUT2D eigenvalue weighted by atomic mass is 16.5.